The Morgan fingerprint density at radius 3 is 2.39 bits per heavy atom. The van der Waals surface area contributed by atoms with Crippen LogP contribution in [-0.4, -0.2) is 68.6 Å². The van der Waals surface area contributed by atoms with Crippen LogP contribution in [0, 0.1) is 6.92 Å². The molecular formula is C21H30N2O5. The molecule has 1 heterocycles. The number of ketones is 1. The first-order valence-corrected chi connectivity index (χ1v) is 9.73. The molecular weight excluding hydrogens is 360 g/mol. The highest BCUT2D eigenvalue weighted by Crippen LogP contribution is 2.12. The first kappa shape index (κ1) is 22.0. The highest BCUT2D eigenvalue weighted by atomic mass is 16.5. The van der Waals surface area contributed by atoms with Gasteiger partial charge in [0.15, 0.2) is 5.78 Å². The van der Waals surface area contributed by atoms with Crippen molar-refractivity contribution in [3.63, 3.8) is 0 Å². The lowest BCUT2D eigenvalue weighted by Gasteiger charge is -2.32. The molecule has 7 nitrogen and oxygen atoms in total. The molecule has 0 saturated carbocycles. The van der Waals surface area contributed by atoms with Crippen molar-refractivity contribution < 1.29 is 23.9 Å². The molecule has 1 aliphatic rings. The second-order valence-corrected chi connectivity index (χ2v) is 7.06. The SMILES string of the molecule is COCCOCC(=O)N1CCC(NC(=O)CCC(=O)c2ccc(C)cc2)CC1. The van der Waals surface area contributed by atoms with Crippen LogP contribution in [0.2, 0.25) is 0 Å². The van der Waals surface area contributed by atoms with Gasteiger partial charge in [-0.3, -0.25) is 14.4 Å². The largest absolute Gasteiger partial charge is 0.382 e. The predicted molar refractivity (Wildman–Crippen MR) is 105 cm³/mol. The lowest BCUT2D eigenvalue weighted by atomic mass is 10.0. The summed E-state index contributed by atoms with van der Waals surface area (Å²) in [5.74, 6) is -0.179. The summed E-state index contributed by atoms with van der Waals surface area (Å²) < 4.78 is 10.1. The number of methoxy groups -OCH3 is 1. The Morgan fingerprint density at radius 2 is 1.75 bits per heavy atom. The van der Waals surface area contributed by atoms with Crippen molar-refractivity contribution in [2.45, 2.75) is 38.6 Å². The Kier molecular flexibility index (Phi) is 9.10. The number of nitrogens with one attached hydrogen (secondary N) is 1. The monoisotopic (exact) mass is 390 g/mol. The Labute approximate surface area is 166 Å². The van der Waals surface area contributed by atoms with E-state index >= 15 is 0 Å². The third kappa shape index (κ3) is 7.40. The van der Waals surface area contributed by atoms with Crippen LogP contribution < -0.4 is 5.32 Å². The fourth-order valence-electron chi connectivity index (χ4n) is 3.08. The Hall–Kier alpha value is -2.25. The summed E-state index contributed by atoms with van der Waals surface area (Å²) in [6.45, 7) is 4.08. The molecule has 0 radical (unpaired) electrons. The second-order valence-electron chi connectivity index (χ2n) is 7.06. The van der Waals surface area contributed by atoms with E-state index in [0.29, 0.717) is 44.7 Å². The van der Waals surface area contributed by atoms with Gasteiger partial charge in [0.1, 0.15) is 6.61 Å². The van der Waals surface area contributed by atoms with Crippen LogP contribution in [0.25, 0.3) is 0 Å². The lowest BCUT2D eigenvalue weighted by Crippen LogP contribution is -2.47. The molecule has 7 heteroatoms. The topological polar surface area (TPSA) is 84.9 Å². The number of hydrogen-bond acceptors (Lipinski definition) is 5. The van der Waals surface area contributed by atoms with Crippen LogP contribution in [0.1, 0.15) is 41.6 Å². The molecule has 1 N–H and O–H groups in total. The highest BCUT2D eigenvalue weighted by Gasteiger charge is 2.24. The summed E-state index contributed by atoms with van der Waals surface area (Å²) in [6, 6.07) is 7.42. The molecule has 2 rings (SSSR count). The van der Waals surface area contributed by atoms with Gasteiger partial charge in [-0.15, -0.1) is 0 Å². The number of benzene rings is 1. The van der Waals surface area contributed by atoms with Crippen LogP contribution in [0.4, 0.5) is 0 Å². The summed E-state index contributed by atoms with van der Waals surface area (Å²) in [6.07, 6.45) is 1.80. The van der Waals surface area contributed by atoms with Crippen molar-refractivity contribution in [2.24, 2.45) is 0 Å². The van der Waals surface area contributed by atoms with Crippen molar-refractivity contribution in [1.29, 1.82) is 0 Å². The van der Waals surface area contributed by atoms with Crippen molar-refractivity contribution in [3.05, 3.63) is 35.4 Å². The number of hydrogen-bond donors (Lipinski definition) is 1. The number of aryl methyl sites for hydroxylation is 1. The van der Waals surface area contributed by atoms with Gasteiger partial charge in [0.2, 0.25) is 11.8 Å². The van der Waals surface area contributed by atoms with Gasteiger partial charge in [-0.25, -0.2) is 0 Å². The number of ether oxygens (including phenoxy) is 2. The van der Waals surface area contributed by atoms with Gasteiger partial charge in [0.05, 0.1) is 13.2 Å². The average Bonchev–Trinajstić information content (AvgIpc) is 2.70. The molecule has 1 aromatic carbocycles. The third-order valence-corrected chi connectivity index (χ3v) is 4.82. The molecule has 28 heavy (non-hydrogen) atoms. The standard InChI is InChI=1S/C21H30N2O5/c1-16-3-5-17(6-4-16)19(24)7-8-20(25)22-18-9-11-23(12-10-18)21(26)15-28-14-13-27-2/h3-6,18H,7-15H2,1-2H3,(H,22,25). The summed E-state index contributed by atoms with van der Waals surface area (Å²) in [4.78, 5) is 38.1. The van der Waals surface area contributed by atoms with Crippen LogP contribution in [-0.2, 0) is 19.1 Å². The van der Waals surface area contributed by atoms with E-state index in [2.05, 4.69) is 5.32 Å². The smallest absolute Gasteiger partial charge is 0.248 e. The van der Waals surface area contributed by atoms with E-state index in [-0.39, 0.29) is 43.1 Å². The van der Waals surface area contributed by atoms with E-state index in [1.165, 1.54) is 0 Å². The summed E-state index contributed by atoms with van der Waals surface area (Å²) in [7, 11) is 1.59. The predicted octanol–water partition coefficient (Wildman–Crippen LogP) is 1.73. The number of Topliss-reactive ketones (excluding diaryl/α,β-unsaturated/α-hetero) is 1. The number of piperidine rings is 1. The molecule has 1 aliphatic heterocycles. The van der Waals surface area contributed by atoms with Gasteiger partial charge in [0.25, 0.3) is 0 Å². The van der Waals surface area contributed by atoms with Crippen LogP contribution in [0.5, 0.6) is 0 Å². The zero-order valence-electron chi connectivity index (χ0n) is 16.7. The second kappa shape index (κ2) is 11.6. The van der Waals surface area contributed by atoms with E-state index in [1.54, 1.807) is 24.1 Å². The van der Waals surface area contributed by atoms with Crippen molar-refractivity contribution in [3.8, 4) is 0 Å². The summed E-state index contributed by atoms with van der Waals surface area (Å²) in [5.41, 5.74) is 1.73. The Morgan fingerprint density at radius 1 is 1.07 bits per heavy atom. The zero-order valence-corrected chi connectivity index (χ0v) is 16.7. The fourth-order valence-corrected chi connectivity index (χ4v) is 3.08. The lowest BCUT2D eigenvalue weighted by molar-refractivity contribution is -0.137. The molecule has 2 amide bonds. The normalized spacial score (nSPS) is 14.7. The fraction of sp³-hybridized carbons (Fsp3) is 0.571. The molecule has 0 bridgehead atoms. The molecule has 1 saturated heterocycles. The highest BCUT2D eigenvalue weighted by molar-refractivity contribution is 5.98. The van der Waals surface area contributed by atoms with E-state index < -0.39 is 0 Å². The molecule has 0 spiro atoms. The third-order valence-electron chi connectivity index (χ3n) is 4.82. The average molecular weight is 390 g/mol. The molecule has 1 aromatic rings. The maximum Gasteiger partial charge on any atom is 0.248 e. The van der Waals surface area contributed by atoms with Gasteiger partial charge in [-0.05, 0) is 19.8 Å². The molecule has 0 unspecified atom stereocenters. The minimum Gasteiger partial charge on any atom is -0.382 e. The molecule has 154 valence electrons. The van der Waals surface area contributed by atoms with E-state index in [4.69, 9.17) is 9.47 Å². The van der Waals surface area contributed by atoms with Gasteiger partial charge in [-0.2, -0.15) is 0 Å². The first-order valence-electron chi connectivity index (χ1n) is 9.73. The quantitative estimate of drug-likeness (QED) is 0.486. The first-order chi connectivity index (χ1) is 13.5. The number of rotatable bonds is 10. The maximum absolute atomic E-state index is 12.2. The number of likely N-dealkylation sites (tertiary alicyclic amines) is 1. The number of amides is 2. The number of carbonyl (C=O) groups is 3. The molecule has 0 aromatic heterocycles. The van der Waals surface area contributed by atoms with Crippen LogP contribution in [0.15, 0.2) is 24.3 Å². The zero-order chi connectivity index (χ0) is 20.4. The number of carbonyl (C=O) groups excluding carboxylic acids is 3. The van der Waals surface area contributed by atoms with Gasteiger partial charge < -0.3 is 19.7 Å². The van der Waals surface area contributed by atoms with Crippen molar-refractivity contribution >= 4 is 17.6 Å². The maximum atomic E-state index is 12.2. The minimum atomic E-state index is -0.117. The molecule has 0 atom stereocenters. The number of nitrogens with zero attached hydrogens (tertiary/aromatic N) is 1. The van der Waals surface area contributed by atoms with Gasteiger partial charge in [0, 0.05) is 44.6 Å². The van der Waals surface area contributed by atoms with Crippen LogP contribution >= 0.6 is 0 Å². The van der Waals surface area contributed by atoms with Gasteiger partial charge in [-0.1, -0.05) is 29.8 Å². The summed E-state index contributed by atoms with van der Waals surface area (Å²) in [5, 5.41) is 2.98. The Bertz CT molecular complexity index is 651. The Balaban J connectivity index is 1.64. The van der Waals surface area contributed by atoms with Crippen molar-refractivity contribution in [1.82, 2.24) is 10.2 Å². The molecule has 0 aliphatic carbocycles. The van der Waals surface area contributed by atoms with Crippen molar-refractivity contribution in [2.75, 3.05) is 40.0 Å². The van der Waals surface area contributed by atoms with Crippen LogP contribution in [0.3, 0.4) is 0 Å². The van der Waals surface area contributed by atoms with Gasteiger partial charge >= 0.3 is 0 Å². The van der Waals surface area contributed by atoms with E-state index in [0.717, 1.165) is 5.56 Å². The summed E-state index contributed by atoms with van der Waals surface area (Å²) >= 11 is 0. The molecule has 1 fully saturated rings. The minimum absolute atomic E-state index is 0.0240. The van der Waals surface area contributed by atoms with E-state index in [9.17, 15) is 14.4 Å². The van der Waals surface area contributed by atoms with E-state index in [1.807, 2.05) is 19.1 Å².